The van der Waals surface area contributed by atoms with Gasteiger partial charge in [-0.1, -0.05) is 38.8 Å². The Hall–Kier alpha value is -2.17. The van der Waals surface area contributed by atoms with E-state index in [1.807, 2.05) is 25.1 Å². The van der Waals surface area contributed by atoms with E-state index in [-0.39, 0.29) is 17.4 Å². The number of nitrogens with one attached hydrogen (secondary N) is 1. The lowest BCUT2D eigenvalue weighted by atomic mass is 9.97. The predicted molar refractivity (Wildman–Crippen MR) is 96.8 cm³/mol. The molecule has 1 amide bonds. The molecule has 1 unspecified atom stereocenters. The Morgan fingerprint density at radius 3 is 2.67 bits per heavy atom. The van der Waals surface area contributed by atoms with E-state index in [4.69, 9.17) is 0 Å². The summed E-state index contributed by atoms with van der Waals surface area (Å²) in [6.45, 7) is 7.11. The van der Waals surface area contributed by atoms with Crippen molar-refractivity contribution in [3.63, 3.8) is 0 Å². The van der Waals surface area contributed by atoms with Crippen LogP contribution in [0, 0.1) is 5.92 Å². The van der Waals surface area contributed by atoms with Gasteiger partial charge < -0.3 is 9.88 Å². The predicted octanol–water partition coefficient (Wildman–Crippen LogP) is 3.49. The number of benzene rings is 1. The van der Waals surface area contributed by atoms with Crippen molar-refractivity contribution in [3.8, 4) is 0 Å². The third kappa shape index (κ3) is 4.22. The summed E-state index contributed by atoms with van der Waals surface area (Å²) < 4.78 is 0. The molecule has 0 aliphatic carbocycles. The summed E-state index contributed by atoms with van der Waals surface area (Å²) in [5, 5.41) is 0.574. The summed E-state index contributed by atoms with van der Waals surface area (Å²) >= 11 is 0. The van der Waals surface area contributed by atoms with Gasteiger partial charge in [0, 0.05) is 12.5 Å². The van der Waals surface area contributed by atoms with Gasteiger partial charge >= 0.3 is 0 Å². The average molecular weight is 329 g/mol. The molecule has 1 atom stereocenters. The van der Waals surface area contributed by atoms with Crippen molar-refractivity contribution in [1.82, 2.24) is 14.9 Å². The van der Waals surface area contributed by atoms with Crippen molar-refractivity contribution in [2.24, 2.45) is 5.92 Å². The molecule has 1 aromatic carbocycles. The van der Waals surface area contributed by atoms with Gasteiger partial charge in [-0.3, -0.25) is 9.59 Å². The van der Waals surface area contributed by atoms with Gasteiger partial charge in [0.15, 0.2) is 0 Å². The molecule has 130 valence electrons. The largest absolute Gasteiger partial charge is 0.335 e. The molecular formula is C19H27N3O2. The maximum atomic E-state index is 12.8. The van der Waals surface area contributed by atoms with E-state index in [0.717, 1.165) is 25.7 Å². The SMILES string of the molecule is CCCCC(CC)C(=O)N(CC)Cc1nc2ccccc2c(=O)[nH]1. The molecule has 0 fully saturated rings. The summed E-state index contributed by atoms with van der Waals surface area (Å²) in [5.74, 6) is 0.751. The lowest BCUT2D eigenvalue weighted by Gasteiger charge is -2.25. The molecule has 2 rings (SSSR count). The van der Waals surface area contributed by atoms with E-state index in [1.165, 1.54) is 0 Å². The highest BCUT2D eigenvalue weighted by molar-refractivity contribution is 5.79. The fourth-order valence-electron chi connectivity index (χ4n) is 2.95. The van der Waals surface area contributed by atoms with Crippen LogP contribution in [-0.2, 0) is 11.3 Å². The molecule has 0 aliphatic rings. The molecule has 1 heterocycles. The zero-order valence-electron chi connectivity index (χ0n) is 14.8. The van der Waals surface area contributed by atoms with Crippen molar-refractivity contribution in [1.29, 1.82) is 0 Å². The summed E-state index contributed by atoms with van der Waals surface area (Å²) in [6, 6.07) is 7.26. The number of aromatic amines is 1. The molecular weight excluding hydrogens is 302 g/mol. The molecule has 0 aliphatic heterocycles. The molecule has 5 nitrogen and oxygen atoms in total. The van der Waals surface area contributed by atoms with Crippen molar-refractivity contribution in [2.75, 3.05) is 6.54 Å². The maximum absolute atomic E-state index is 12.8. The normalized spacial score (nSPS) is 12.3. The van der Waals surface area contributed by atoms with Crippen molar-refractivity contribution in [3.05, 3.63) is 40.4 Å². The molecule has 2 aromatic rings. The van der Waals surface area contributed by atoms with Gasteiger partial charge in [0.1, 0.15) is 5.82 Å². The summed E-state index contributed by atoms with van der Waals surface area (Å²) in [7, 11) is 0. The molecule has 1 N–H and O–H groups in total. The van der Waals surface area contributed by atoms with Gasteiger partial charge in [-0.05, 0) is 31.9 Å². The van der Waals surface area contributed by atoms with E-state index in [9.17, 15) is 9.59 Å². The van der Waals surface area contributed by atoms with Gasteiger partial charge in [-0.2, -0.15) is 0 Å². The first-order valence-corrected chi connectivity index (χ1v) is 8.87. The number of hydrogen-bond donors (Lipinski definition) is 1. The summed E-state index contributed by atoms with van der Waals surface area (Å²) in [6.07, 6.45) is 3.92. The molecule has 0 saturated heterocycles. The van der Waals surface area contributed by atoms with Crippen LogP contribution >= 0.6 is 0 Å². The number of nitrogens with zero attached hydrogens (tertiary/aromatic N) is 2. The highest BCUT2D eigenvalue weighted by Gasteiger charge is 2.22. The Balaban J connectivity index is 2.20. The first-order chi connectivity index (χ1) is 11.6. The smallest absolute Gasteiger partial charge is 0.258 e. The number of hydrogen-bond acceptors (Lipinski definition) is 3. The van der Waals surface area contributed by atoms with E-state index in [1.54, 1.807) is 11.0 Å². The van der Waals surface area contributed by atoms with E-state index in [2.05, 4.69) is 23.8 Å². The number of H-pyrrole nitrogens is 1. The summed E-state index contributed by atoms with van der Waals surface area (Å²) in [4.78, 5) is 34.0. The van der Waals surface area contributed by atoms with Crippen molar-refractivity contribution >= 4 is 16.8 Å². The number of unbranched alkanes of at least 4 members (excludes halogenated alkanes) is 1. The monoisotopic (exact) mass is 329 g/mol. The average Bonchev–Trinajstić information content (AvgIpc) is 2.60. The minimum absolute atomic E-state index is 0.0529. The van der Waals surface area contributed by atoms with Crippen LogP contribution in [-0.4, -0.2) is 27.3 Å². The highest BCUT2D eigenvalue weighted by atomic mass is 16.2. The van der Waals surface area contributed by atoms with Crippen LogP contribution in [0.25, 0.3) is 10.9 Å². The number of rotatable bonds is 8. The van der Waals surface area contributed by atoms with Crippen molar-refractivity contribution < 1.29 is 4.79 Å². The first kappa shape index (κ1) is 18.2. The van der Waals surface area contributed by atoms with Crippen LogP contribution in [0.5, 0.6) is 0 Å². The molecule has 0 bridgehead atoms. The Kier molecular flexibility index (Phi) is 6.53. The molecule has 0 radical (unpaired) electrons. The fourth-order valence-corrected chi connectivity index (χ4v) is 2.95. The second-order valence-electron chi connectivity index (χ2n) is 6.13. The van der Waals surface area contributed by atoms with Gasteiger partial charge in [0.05, 0.1) is 17.4 Å². The third-order valence-electron chi connectivity index (χ3n) is 4.44. The summed E-state index contributed by atoms with van der Waals surface area (Å²) in [5.41, 5.74) is 0.509. The standard InChI is InChI=1S/C19H27N3O2/c1-4-7-10-14(5-2)19(24)22(6-3)13-17-20-16-12-9-8-11-15(16)18(23)21-17/h8-9,11-12,14H,4-7,10,13H2,1-3H3,(H,20,21,23). The number of para-hydroxylation sites is 1. The number of carbonyl (C=O) groups excluding carboxylic acids is 1. The fraction of sp³-hybridized carbons (Fsp3) is 0.526. The highest BCUT2D eigenvalue weighted by Crippen LogP contribution is 2.17. The van der Waals surface area contributed by atoms with E-state index < -0.39 is 0 Å². The minimum atomic E-state index is -0.155. The van der Waals surface area contributed by atoms with Crippen LogP contribution in [0.15, 0.2) is 29.1 Å². The van der Waals surface area contributed by atoms with Gasteiger partial charge in [0.2, 0.25) is 5.91 Å². The Bertz CT molecular complexity index is 739. The van der Waals surface area contributed by atoms with Crippen LogP contribution in [0.3, 0.4) is 0 Å². The van der Waals surface area contributed by atoms with Gasteiger partial charge in [0.25, 0.3) is 5.56 Å². The second-order valence-corrected chi connectivity index (χ2v) is 6.13. The minimum Gasteiger partial charge on any atom is -0.335 e. The topological polar surface area (TPSA) is 66.1 Å². The van der Waals surface area contributed by atoms with E-state index >= 15 is 0 Å². The van der Waals surface area contributed by atoms with Gasteiger partial charge in [-0.15, -0.1) is 0 Å². The quantitative estimate of drug-likeness (QED) is 0.806. The Morgan fingerprint density at radius 2 is 2.00 bits per heavy atom. The Labute approximate surface area is 143 Å². The van der Waals surface area contributed by atoms with Gasteiger partial charge in [-0.25, -0.2) is 4.98 Å². The zero-order chi connectivity index (χ0) is 17.5. The second kappa shape index (κ2) is 8.62. The molecule has 24 heavy (non-hydrogen) atoms. The lowest BCUT2D eigenvalue weighted by molar-refractivity contribution is -0.136. The molecule has 5 heteroatoms. The molecule has 0 saturated carbocycles. The first-order valence-electron chi connectivity index (χ1n) is 8.87. The zero-order valence-corrected chi connectivity index (χ0v) is 14.8. The van der Waals surface area contributed by atoms with Crippen LogP contribution < -0.4 is 5.56 Å². The number of carbonyl (C=O) groups is 1. The Morgan fingerprint density at radius 1 is 1.25 bits per heavy atom. The van der Waals surface area contributed by atoms with Crippen LogP contribution in [0.2, 0.25) is 0 Å². The van der Waals surface area contributed by atoms with Crippen LogP contribution in [0.4, 0.5) is 0 Å². The number of aromatic nitrogens is 2. The molecule has 0 spiro atoms. The maximum Gasteiger partial charge on any atom is 0.258 e. The number of fused-ring (bicyclic) bond motifs is 1. The number of amides is 1. The van der Waals surface area contributed by atoms with Crippen molar-refractivity contribution in [2.45, 2.75) is 53.0 Å². The van der Waals surface area contributed by atoms with Crippen LogP contribution in [0.1, 0.15) is 52.3 Å². The van der Waals surface area contributed by atoms with E-state index in [0.29, 0.717) is 29.8 Å². The third-order valence-corrected chi connectivity index (χ3v) is 4.44. The lowest BCUT2D eigenvalue weighted by Crippen LogP contribution is -2.36. The molecule has 1 aromatic heterocycles.